The molecule has 1 aromatic heterocycles. The Morgan fingerprint density at radius 3 is 3.00 bits per heavy atom. The molecule has 4 heteroatoms. The Morgan fingerprint density at radius 2 is 2.41 bits per heavy atom. The number of hydrogen-bond donors (Lipinski definition) is 0. The Bertz CT molecular complexity index is 454. The molecule has 0 aromatic carbocycles. The molecule has 0 aliphatic carbocycles. The lowest BCUT2D eigenvalue weighted by molar-refractivity contribution is -0.148. The van der Waals surface area contributed by atoms with E-state index < -0.39 is 5.41 Å². The summed E-state index contributed by atoms with van der Waals surface area (Å²) >= 11 is 0. The van der Waals surface area contributed by atoms with E-state index in [1.807, 2.05) is 18.2 Å². The number of rotatable bonds is 3. The van der Waals surface area contributed by atoms with Crippen LogP contribution in [0.25, 0.3) is 0 Å². The summed E-state index contributed by atoms with van der Waals surface area (Å²) in [7, 11) is 0. The quantitative estimate of drug-likeness (QED) is 0.745. The topological polar surface area (TPSA) is 51.5 Å². The van der Waals surface area contributed by atoms with Crippen molar-refractivity contribution in [3.63, 3.8) is 0 Å². The van der Waals surface area contributed by atoms with Gasteiger partial charge in [-0.25, -0.2) is 0 Å². The van der Waals surface area contributed by atoms with Crippen LogP contribution >= 0.6 is 0 Å². The van der Waals surface area contributed by atoms with Crippen LogP contribution in [0.2, 0.25) is 0 Å². The molecule has 1 aromatic rings. The lowest BCUT2D eigenvalue weighted by Crippen LogP contribution is -2.37. The highest BCUT2D eigenvalue weighted by Gasteiger charge is 2.40. The highest BCUT2D eigenvalue weighted by Crippen LogP contribution is 2.31. The maximum atomic E-state index is 12.1. The van der Waals surface area contributed by atoms with Gasteiger partial charge >= 0.3 is 5.97 Å². The summed E-state index contributed by atoms with van der Waals surface area (Å²) in [6.45, 7) is 2.16. The second-order valence-corrected chi connectivity index (χ2v) is 3.76. The average molecular weight is 230 g/mol. The zero-order valence-corrected chi connectivity index (χ0v) is 9.67. The van der Waals surface area contributed by atoms with Crippen LogP contribution in [0.15, 0.2) is 41.7 Å². The predicted molar refractivity (Wildman–Crippen MR) is 64.8 cm³/mol. The summed E-state index contributed by atoms with van der Waals surface area (Å²) in [4.78, 5) is 20.4. The molecule has 0 saturated heterocycles. The van der Waals surface area contributed by atoms with Gasteiger partial charge in [0.2, 0.25) is 0 Å². The number of ether oxygens (including phenoxy) is 1. The largest absolute Gasteiger partial charge is 0.465 e. The molecule has 1 unspecified atom stereocenters. The van der Waals surface area contributed by atoms with Crippen molar-refractivity contribution >= 4 is 12.2 Å². The third-order valence-electron chi connectivity index (χ3n) is 2.73. The summed E-state index contributed by atoms with van der Waals surface area (Å²) in [5.41, 5.74) is -0.125. The molecule has 0 fully saturated rings. The van der Waals surface area contributed by atoms with E-state index in [0.29, 0.717) is 18.7 Å². The van der Waals surface area contributed by atoms with Gasteiger partial charge in [0.15, 0.2) is 0 Å². The fourth-order valence-corrected chi connectivity index (χ4v) is 1.83. The second kappa shape index (κ2) is 4.91. The molecule has 0 N–H and O–H groups in total. The molecule has 88 valence electrons. The number of pyridine rings is 1. The van der Waals surface area contributed by atoms with Crippen LogP contribution in [0.3, 0.4) is 0 Å². The van der Waals surface area contributed by atoms with Gasteiger partial charge in [-0.15, -0.1) is 0 Å². The monoisotopic (exact) mass is 230 g/mol. The van der Waals surface area contributed by atoms with Crippen LogP contribution in [0.4, 0.5) is 0 Å². The molecule has 0 radical (unpaired) electrons. The first-order valence-electron chi connectivity index (χ1n) is 5.57. The zero-order valence-electron chi connectivity index (χ0n) is 9.67. The van der Waals surface area contributed by atoms with Gasteiger partial charge in [-0.3, -0.25) is 14.8 Å². The van der Waals surface area contributed by atoms with E-state index >= 15 is 0 Å². The molecule has 4 nitrogen and oxygen atoms in total. The number of esters is 1. The fourth-order valence-electron chi connectivity index (χ4n) is 1.83. The Balaban J connectivity index is 2.41. The molecule has 0 amide bonds. The minimum absolute atomic E-state index is 0.277. The van der Waals surface area contributed by atoms with E-state index in [1.165, 1.54) is 0 Å². The summed E-state index contributed by atoms with van der Waals surface area (Å²) in [5, 5.41) is 0. The number of carbonyl (C=O) groups is 1. The van der Waals surface area contributed by atoms with Gasteiger partial charge < -0.3 is 4.74 Å². The van der Waals surface area contributed by atoms with Crippen molar-refractivity contribution in [3.8, 4) is 0 Å². The molecular weight excluding hydrogens is 216 g/mol. The van der Waals surface area contributed by atoms with E-state index in [9.17, 15) is 4.79 Å². The standard InChI is InChI=1S/C13H14N2O2/c1-2-17-12(16)13(6-9-14-10-7-13)11-5-3-4-8-15-11/h3-6,8-10H,2,7H2,1H3. The highest BCUT2D eigenvalue weighted by molar-refractivity contribution is 5.89. The highest BCUT2D eigenvalue weighted by atomic mass is 16.5. The van der Waals surface area contributed by atoms with Crippen molar-refractivity contribution in [2.75, 3.05) is 6.61 Å². The second-order valence-electron chi connectivity index (χ2n) is 3.76. The van der Waals surface area contributed by atoms with E-state index in [4.69, 9.17) is 4.74 Å². The molecule has 0 bridgehead atoms. The minimum Gasteiger partial charge on any atom is -0.465 e. The molecule has 2 heterocycles. The molecule has 2 rings (SSSR count). The van der Waals surface area contributed by atoms with Gasteiger partial charge in [0, 0.05) is 25.0 Å². The van der Waals surface area contributed by atoms with Crippen LogP contribution in [0.1, 0.15) is 19.0 Å². The molecule has 1 aliphatic rings. The molecule has 1 atom stereocenters. The molecular formula is C13H14N2O2. The van der Waals surface area contributed by atoms with Crippen molar-refractivity contribution in [2.24, 2.45) is 4.99 Å². The predicted octanol–water partition coefficient (Wildman–Crippen LogP) is 1.87. The van der Waals surface area contributed by atoms with Gasteiger partial charge in [0.25, 0.3) is 0 Å². The van der Waals surface area contributed by atoms with E-state index in [0.717, 1.165) is 0 Å². The van der Waals surface area contributed by atoms with E-state index in [-0.39, 0.29) is 5.97 Å². The van der Waals surface area contributed by atoms with E-state index in [1.54, 1.807) is 31.6 Å². The minimum atomic E-state index is -0.820. The number of nitrogens with zero attached hydrogens (tertiary/aromatic N) is 2. The molecule has 0 saturated carbocycles. The average Bonchev–Trinajstić information content (AvgIpc) is 2.41. The summed E-state index contributed by atoms with van der Waals surface area (Å²) in [6, 6.07) is 5.52. The lowest BCUT2D eigenvalue weighted by Gasteiger charge is -2.27. The van der Waals surface area contributed by atoms with Crippen molar-refractivity contribution in [3.05, 3.63) is 42.4 Å². The number of hydrogen-bond acceptors (Lipinski definition) is 4. The van der Waals surface area contributed by atoms with E-state index in [2.05, 4.69) is 9.98 Å². The lowest BCUT2D eigenvalue weighted by atomic mass is 9.80. The van der Waals surface area contributed by atoms with Gasteiger partial charge in [0.1, 0.15) is 5.41 Å². The van der Waals surface area contributed by atoms with Crippen molar-refractivity contribution in [2.45, 2.75) is 18.8 Å². The van der Waals surface area contributed by atoms with Crippen molar-refractivity contribution in [1.82, 2.24) is 4.98 Å². The van der Waals surface area contributed by atoms with Crippen LogP contribution in [0.5, 0.6) is 0 Å². The van der Waals surface area contributed by atoms with Gasteiger partial charge in [-0.05, 0) is 25.1 Å². The van der Waals surface area contributed by atoms with Gasteiger partial charge in [0.05, 0.1) is 12.3 Å². The van der Waals surface area contributed by atoms with Crippen LogP contribution in [-0.2, 0) is 14.9 Å². The molecule has 0 spiro atoms. The summed E-state index contributed by atoms with van der Waals surface area (Å²) < 4.78 is 5.15. The maximum Gasteiger partial charge on any atom is 0.322 e. The fraction of sp³-hybridized carbons (Fsp3) is 0.308. The van der Waals surface area contributed by atoms with Gasteiger partial charge in [-0.2, -0.15) is 0 Å². The van der Waals surface area contributed by atoms with Crippen LogP contribution < -0.4 is 0 Å². The Hall–Kier alpha value is -1.97. The normalized spacial score (nSPS) is 22.4. The molecule has 17 heavy (non-hydrogen) atoms. The third-order valence-corrected chi connectivity index (χ3v) is 2.73. The van der Waals surface area contributed by atoms with Crippen LogP contribution in [0, 0.1) is 0 Å². The Labute approximate surface area is 100 Å². The summed E-state index contributed by atoms with van der Waals surface area (Å²) in [5.74, 6) is -0.277. The van der Waals surface area contributed by atoms with Gasteiger partial charge in [-0.1, -0.05) is 6.07 Å². The van der Waals surface area contributed by atoms with Crippen LogP contribution in [-0.4, -0.2) is 23.8 Å². The molecule has 1 aliphatic heterocycles. The first-order chi connectivity index (χ1) is 8.29. The summed E-state index contributed by atoms with van der Waals surface area (Å²) in [6.07, 6.45) is 7.25. The number of aromatic nitrogens is 1. The third kappa shape index (κ3) is 2.11. The first kappa shape index (κ1) is 11.5. The Morgan fingerprint density at radius 1 is 1.53 bits per heavy atom. The first-order valence-corrected chi connectivity index (χ1v) is 5.57. The smallest absolute Gasteiger partial charge is 0.322 e. The van der Waals surface area contributed by atoms with Crippen molar-refractivity contribution < 1.29 is 9.53 Å². The SMILES string of the molecule is CCOC(=O)C1(c2ccccn2)C=CN=CC1. The maximum absolute atomic E-state index is 12.1. The Kier molecular flexibility index (Phi) is 3.32. The van der Waals surface area contributed by atoms with Crippen molar-refractivity contribution in [1.29, 1.82) is 0 Å². The number of carbonyl (C=O) groups excluding carboxylic acids is 1. The number of aliphatic imine (C=N–C) groups is 1. The zero-order chi connectivity index (χ0) is 12.1.